The Morgan fingerprint density at radius 2 is 1.86 bits per heavy atom. The summed E-state index contributed by atoms with van der Waals surface area (Å²) in [5, 5.41) is 3.11. The van der Waals surface area contributed by atoms with E-state index in [1.807, 2.05) is 0 Å². The Bertz CT molecular complexity index is 732. The Morgan fingerprint density at radius 3 is 2.55 bits per heavy atom. The molecule has 0 aliphatic heterocycles. The minimum Gasteiger partial charge on any atom is -0.345 e. The Balaban J connectivity index is 2.24. The first-order valence-electron chi connectivity index (χ1n) is 6.46. The molecule has 114 valence electrons. The Labute approximate surface area is 142 Å². The number of nitrogens with one attached hydrogen (secondary N) is 1. The molecule has 2 amide bonds. The number of halogens is 2. The van der Waals surface area contributed by atoms with Crippen molar-refractivity contribution in [1.29, 1.82) is 0 Å². The second kappa shape index (κ2) is 6.94. The van der Waals surface area contributed by atoms with E-state index < -0.39 is 0 Å². The third kappa shape index (κ3) is 3.87. The van der Waals surface area contributed by atoms with Gasteiger partial charge in [0.1, 0.15) is 0 Å². The minimum absolute atomic E-state index is 0.128. The zero-order valence-corrected chi connectivity index (χ0v) is 14.4. The third-order valence-electron chi connectivity index (χ3n) is 2.95. The topological polar surface area (TPSA) is 49.4 Å². The summed E-state index contributed by atoms with van der Waals surface area (Å²) in [6, 6.07) is 11.8. The van der Waals surface area contributed by atoms with Crippen molar-refractivity contribution in [2.45, 2.75) is 0 Å². The standard InChI is InChI=1S/C16H14BrClN2O2/c1-20(2)16(22)10-4-3-5-12(8-10)19-15(21)13-9-11(17)6-7-14(13)18/h3-9H,1-2H3,(H,19,21). The number of anilines is 1. The molecule has 0 bridgehead atoms. The van der Waals surface area contributed by atoms with Crippen molar-refractivity contribution >= 4 is 45.0 Å². The molecule has 0 heterocycles. The van der Waals surface area contributed by atoms with Crippen LogP contribution in [0.4, 0.5) is 5.69 Å². The molecule has 0 aromatic heterocycles. The third-order valence-corrected chi connectivity index (χ3v) is 3.77. The van der Waals surface area contributed by atoms with Gasteiger partial charge in [-0.05, 0) is 36.4 Å². The number of carbonyl (C=O) groups excluding carboxylic acids is 2. The number of rotatable bonds is 3. The van der Waals surface area contributed by atoms with Crippen molar-refractivity contribution in [1.82, 2.24) is 4.90 Å². The second-order valence-corrected chi connectivity index (χ2v) is 6.18. The van der Waals surface area contributed by atoms with Gasteiger partial charge in [-0.25, -0.2) is 0 Å². The summed E-state index contributed by atoms with van der Waals surface area (Å²) >= 11 is 9.35. The van der Waals surface area contributed by atoms with Crippen LogP contribution in [0.1, 0.15) is 20.7 Å². The monoisotopic (exact) mass is 380 g/mol. The van der Waals surface area contributed by atoms with Crippen molar-refractivity contribution in [3.8, 4) is 0 Å². The van der Waals surface area contributed by atoms with Gasteiger partial charge in [0.2, 0.25) is 0 Å². The predicted molar refractivity (Wildman–Crippen MR) is 91.6 cm³/mol. The molecule has 0 aliphatic rings. The van der Waals surface area contributed by atoms with Crippen LogP contribution in [0, 0.1) is 0 Å². The van der Waals surface area contributed by atoms with E-state index in [2.05, 4.69) is 21.2 Å². The Morgan fingerprint density at radius 1 is 1.14 bits per heavy atom. The highest BCUT2D eigenvalue weighted by atomic mass is 79.9. The van der Waals surface area contributed by atoms with Crippen LogP contribution in [-0.4, -0.2) is 30.8 Å². The lowest BCUT2D eigenvalue weighted by atomic mass is 10.1. The van der Waals surface area contributed by atoms with E-state index in [9.17, 15) is 9.59 Å². The second-order valence-electron chi connectivity index (χ2n) is 4.86. The van der Waals surface area contributed by atoms with E-state index in [1.165, 1.54) is 4.90 Å². The molecule has 6 heteroatoms. The summed E-state index contributed by atoms with van der Waals surface area (Å²) in [6.07, 6.45) is 0. The van der Waals surface area contributed by atoms with Crippen molar-refractivity contribution in [3.63, 3.8) is 0 Å². The van der Waals surface area contributed by atoms with Gasteiger partial charge in [0.15, 0.2) is 0 Å². The van der Waals surface area contributed by atoms with Crippen LogP contribution in [0.5, 0.6) is 0 Å². The SMILES string of the molecule is CN(C)C(=O)c1cccc(NC(=O)c2cc(Br)ccc2Cl)c1. The average Bonchev–Trinajstić information content (AvgIpc) is 2.49. The molecule has 0 atom stereocenters. The van der Waals surface area contributed by atoms with Gasteiger partial charge in [-0.2, -0.15) is 0 Å². The van der Waals surface area contributed by atoms with E-state index in [0.717, 1.165) is 4.47 Å². The molecule has 0 saturated carbocycles. The van der Waals surface area contributed by atoms with Crippen LogP contribution in [0.2, 0.25) is 5.02 Å². The van der Waals surface area contributed by atoms with E-state index in [1.54, 1.807) is 56.6 Å². The van der Waals surface area contributed by atoms with Crippen molar-refractivity contribution in [3.05, 3.63) is 63.1 Å². The van der Waals surface area contributed by atoms with Gasteiger partial charge in [0, 0.05) is 29.8 Å². The fourth-order valence-corrected chi connectivity index (χ4v) is 2.42. The van der Waals surface area contributed by atoms with Crippen LogP contribution in [0.3, 0.4) is 0 Å². The first-order chi connectivity index (χ1) is 10.4. The number of carbonyl (C=O) groups is 2. The number of hydrogen-bond donors (Lipinski definition) is 1. The van der Waals surface area contributed by atoms with Crippen molar-refractivity contribution in [2.24, 2.45) is 0 Å². The van der Waals surface area contributed by atoms with Crippen molar-refractivity contribution in [2.75, 3.05) is 19.4 Å². The van der Waals surface area contributed by atoms with Crippen LogP contribution >= 0.6 is 27.5 Å². The average molecular weight is 382 g/mol. The maximum Gasteiger partial charge on any atom is 0.257 e. The van der Waals surface area contributed by atoms with E-state index >= 15 is 0 Å². The lowest BCUT2D eigenvalue weighted by molar-refractivity contribution is 0.0827. The van der Waals surface area contributed by atoms with E-state index in [-0.39, 0.29) is 11.8 Å². The maximum absolute atomic E-state index is 12.3. The molecule has 0 spiro atoms. The van der Waals surface area contributed by atoms with Crippen LogP contribution in [0.25, 0.3) is 0 Å². The zero-order valence-electron chi connectivity index (χ0n) is 12.1. The number of benzene rings is 2. The molecule has 2 aromatic rings. The molecule has 1 N–H and O–H groups in total. The van der Waals surface area contributed by atoms with Gasteiger partial charge in [-0.15, -0.1) is 0 Å². The summed E-state index contributed by atoms with van der Waals surface area (Å²) in [4.78, 5) is 25.7. The molecule has 0 fully saturated rings. The zero-order chi connectivity index (χ0) is 16.3. The van der Waals surface area contributed by atoms with Crippen molar-refractivity contribution < 1.29 is 9.59 Å². The fraction of sp³-hybridized carbons (Fsp3) is 0.125. The summed E-state index contributed by atoms with van der Waals surface area (Å²) in [7, 11) is 3.35. The van der Waals surface area contributed by atoms with E-state index in [4.69, 9.17) is 11.6 Å². The van der Waals surface area contributed by atoms with Gasteiger partial charge in [-0.3, -0.25) is 9.59 Å². The molecular weight excluding hydrogens is 368 g/mol. The molecule has 22 heavy (non-hydrogen) atoms. The number of hydrogen-bond acceptors (Lipinski definition) is 2. The highest BCUT2D eigenvalue weighted by Gasteiger charge is 2.13. The van der Waals surface area contributed by atoms with Gasteiger partial charge in [0.05, 0.1) is 10.6 Å². The summed E-state index contributed by atoms with van der Waals surface area (Å²) in [6.45, 7) is 0. The van der Waals surface area contributed by atoms with Crippen LogP contribution in [-0.2, 0) is 0 Å². The number of amides is 2. The highest BCUT2D eigenvalue weighted by molar-refractivity contribution is 9.10. The molecule has 4 nitrogen and oxygen atoms in total. The normalized spacial score (nSPS) is 10.2. The molecule has 2 aromatic carbocycles. The molecule has 2 rings (SSSR count). The fourth-order valence-electron chi connectivity index (χ4n) is 1.86. The molecule has 0 saturated heterocycles. The molecule has 0 radical (unpaired) electrons. The number of nitrogens with zero attached hydrogens (tertiary/aromatic N) is 1. The highest BCUT2D eigenvalue weighted by Crippen LogP contribution is 2.22. The van der Waals surface area contributed by atoms with Crippen LogP contribution < -0.4 is 5.32 Å². The van der Waals surface area contributed by atoms with Gasteiger partial charge in [-0.1, -0.05) is 33.6 Å². The largest absolute Gasteiger partial charge is 0.345 e. The van der Waals surface area contributed by atoms with Crippen LogP contribution in [0.15, 0.2) is 46.9 Å². The Hall–Kier alpha value is -1.85. The smallest absolute Gasteiger partial charge is 0.257 e. The summed E-state index contributed by atoms with van der Waals surface area (Å²) in [5.74, 6) is -0.461. The van der Waals surface area contributed by atoms with Gasteiger partial charge < -0.3 is 10.2 Å². The molecule has 0 aliphatic carbocycles. The van der Waals surface area contributed by atoms with Gasteiger partial charge >= 0.3 is 0 Å². The summed E-state index contributed by atoms with van der Waals surface area (Å²) in [5.41, 5.74) is 1.40. The van der Waals surface area contributed by atoms with E-state index in [0.29, 0.717) is 21.8 Å². The lowest BCUT2D eigenvalue weighted by Gasteiger charge is -2.12. The minimum atomic E-state index is -0.333. The molecule has 0 unspecified atom stereocenters. The predicted octanol–water partition coefficient (Wildman–Crippen LogP) is 4.06. The first-order valence-corrected chi connectivity index (χ1v) is 7.63. The quantitative estimate of drug-likeness (QED) is 0.872. The van der Waals surface area contributed by atoms with Gasteiger partial charge in [0.25, 0.3) is 11.8 Å². The molecular formula is C16H14BrClN2O2. The lowest BCUT2D eigenvalue weighted by Crippen LogP contribution is -2.22. The Kier molecular flexibility index (Phi) is 5.21. The summed E-state index contributed by atoms with van der Waals surface area (Å²) < 4.78 is 0.763. The maximum atomic E-state index is 12.3. The first kappa shape index (κ1) is 16.5.